The summed E-state index contributed by atoms with van der Waals surface area (Å²) in [5, 5.41) is 3.57. The van der Waals surface area contributed by atoms with Gasteiger partial charge in [0.05, 0.1) is 11.4 Å². The van der Waals surface area contributed by atoms with E-state index < -0.39 is 0 Å². The average Bonchev–Trinajstić information content (AvgIpc) is 2.98. The first-order chi connectivity index (χ1) is 14.0. The third-order valence-corrected chi connectivity index (χ3v) is 5.77. The van der Waals surface area contributed by atoms with Crippen molar-refractivity contribution in [1.82, 2.24) is 4.90 Å². The van der Waals surface area contributed by atoms with E-state index in [1.54, 1.807) is 17.0 Å². The van der Waals surface area contributed by atoms with Gasteiger partial charge in [-0.2, -0.15) is 0 Å². The van der Waals surface area contributed by atoms with E-state index in [0.717, 1.165) is 42.9 Å². The van der Waals surface area contributed by atoms with Crippen molar-refractivity contribution < 1.29 is 9.59 Å². The average molecular weight is 410 g/mol. The van der Waals surface area contributed by atoms with Crippen LogP contribution in [0.15, 0.2) is 49.0 Å². The van der Waals surface area contributed by atoms with Gasteiger partial charge in [0, 0.05) is 47.9 Å². The summed E-state index contributed by atoms with van der Waals surface area (Å²) in [7, 11) is 0. The first-order valence-electron chi connectivity index (χ1n) is 9.99. The van der Waals surface area contributed by atoms with Crippen LogP contribution in [0.4, 0.5) is 11.4 Å². The molecular weight excluding hydrogens is 386 g/mol. The number of halogens is 1. The molecule has 0 radical (unpaired) electrons. The Balaban J connectivity index is 1.42. The molecule has 29 heavy (non-hydrogen) atoms. The van der Waals surface area contributed by atoms with Gasteiger partial charge in [-0.1, -0.05) is 36.4 Å². The van der Waals surface area contributed by atoms with E-state index in [9.17, 15) is 9.59 Å². The maximum absolute atomic E-state index is 12.7. The minimum atomic E-state index is -0.151. The number of piperidine rings is 1. The lowest BCUT2D eigenvalue weighted by atomic mass is 10.1. The third kappa shape index (κ3) is 4.01. The summed E-state index contributed by atoms with van der Waals surface area (Å²) < 4.78 is 0. The molecule has 0 aromatic heterocycles. The minimum Gasteiger partial charge on any atom is -0.370 e. The van der Waals surface area contributed by atoms with Crippen LogP contribution in [0.25, 0.3) is 5.70 Å². The highest BCUT2D eigenvalue weighted by molar-refractivity contribution is 6.31. The monoisotopic (exact) mass is 409 g/mol. The van der Waals surface area contributed by atoms with Gasteiger partial charge in [-0.3, -0.25) is 9.59 Å². The molecule has 2 aromatic carbocycles. The number of anilines is 2. The van der Waals surface area contributed by atoms with E-state index in [-0.39, 0.29) is 24.8 Å². The van der Waals surface area contributed by atoms with Gasteiger partial charge in [0.15, 0.2) is 0 Å². The number of fused-ring (bicyclic) bond motifs is 1. The fourth-order valence-corrected chi connectivity index (χ4v) is 4.19. The number of carbonyl (C=O) groups is 2. The van der Waals surface area contributed by atoms with Gasteiger partial charge in [-0.05, 0) is 43.5 Å². The SMILES string of the molecule is C=C1c2ccccc2C(=O)N1CCC(=O)Nc1cc(Cl)ccc1N1CCCCC1. The second-order valence-electron chi connectivity index (χ2n) is 7.46. The number of amides is 2. The Bertz CT molecular complexity index is 931. The Morgan fingerprint density at radius 1 is 1.07 bits per heavy atom. The largest absolute Gasteiger partial charge is 0.370 e. The molecule has 2 amide bonds. The van der Waals surface area contributed by atoms with Crippen LogP contribution in [0.5, 0.6) is 0 Å². The number of hydrogen-bond acceptors (Lipinski definition) is 3. The summed E-state index contributed by atoms with van der Waals surface area (Å²) in [4.78, 5) is 29.1. The zero-order valence-corrected chi connectivity index (χ0v) is 17.0. The van der Waals surface area contributed by atoms with E-state index in [2.05, 4.69) is 16.8 Å². The van der Waals surface area contributed by atoms with Crippen molar-refractivity contribution >= 4 is 40.5 Å². The highest BCUT2D eigenvalue weighted by atomic mass is 35.5. The highest BCUT2D eigenvalue weighted by Crippen LogP contribution is 2.33. The molecule has 2 aliphatic heterocycles. The van der Waals surface area contributed by atoms with Crippen molar-refractivity contribution in [2.24, 2.45) is 0 Å². The standard InChI is InChI=1S/C23H24ClN3O2/c1-16-18-7-3-4-8-19(18)23(29)27(16)14-11-22(28)25-20-15-17(24)9-10-21(20)26-12-5-2-6-13-26/h3-4,7-10,15H,1-2,5-6,11-14H2,(H,25,28). The van der Waals surface area contributed by atoms with Gasteiger partial charge in [0.25, 0.3) is 5.91 Å². The molecule has 0 atom stereocenters. The lowest BCUT2D eigenvalue weighted by Crippen LogP contribution is -2.31. The number of hydrogen-bond donors (Lipinski definition) is 1. The lowest BCUT2D eigenvalue weighted by molar-refractivity contribution is -0.116. The van der Waals surface area contributed by atoms with Crippen molar-refractivity contribution in [2.75, 3.05) is 29.9 Å². The fourth-order valence-electron chi connectivity index (χ4n) is 4.02. The summed E-state index contributed by atoms with van der Waals surface area (Å²) in [6, 6.07) is 13.0. The Kier molecular flexibility index (Phi) is 5.58. The van der Waals surface area contributed by atoms with Crippen LogP contribution in [0, 0.1) is 0 Å². The Morgan fingerprint density at radius 2 is 1.79 bits per heavy atom. The molecule has 0 unspecified atom stereocenters. The van der Waals surface area contributed by atoms with E-state index >= 15 is 0 Å². The van der Waals surface area contributed by atoms with Crippen LogP contribution in [-0.4, -0.2) is 36.3 Å². The molecule has 0 spiro atoms. The number of carbonyl (C=O) groups excluding carboxylic acids is 2. The van der Waals surface area contributed by atoms with Crippen molar-refractivity contribution in [3.05, 3.63) is 65.2 Å². The van der Waals surface area contributed by atoms with Crippen LogP contribution in [0.2, 0.25) is 5.02 Å². The molecule has 0 bridgehead atoms. The summed E-state index contributed by atoms with van der Waals surface area (Å²) >= 11 is 6.18. The molecule has 150 valence electrons. The molecule has 1 N–H and O–H groups in total. The second-order valence-corrected chi connectivity index (χ2v) is 7.89. The van der Waals surface area contributed by atoms with Gasteiger partial charge in [0.2, 0.25) is 5.91 Å². The van der Waals surface area contributed by atoms with Crippen LogP contribution < -0.4 is 10.2 Å². The number of rotatable bonds is 5. The lowest BCUT2D eigenvalue weighted by Gasteiger charge is -2.30. The summed E-state index contributed by atoms with van der Waals surface area (Å²) in [6.07, 6.45) is 3.72. The summed E-state index contributed by atoms with van der Waals surface area (Å²) in [5.74, 6) is -0.253. The van der Waals surface area contributed by atoms with Crippen LogP contribution in [0.3, 0.4) is 0 Å². The molecule has 6 heteroatoms. The second kappa shape index (κ2) is 8.29. The van der Waals surface area contributed by atoms with E-state index in [1.807, 2.05) is 30.3 Å². The zero-order chi connectivity index (χ0) is 20.4. The maximum Gasteiger partial charge on any atom is 0.258 e. The van der Waals surface area contributed by atoms with Gasteiger partial charge in [0.1, 0.15) is 0 Å². The summed E-state index contributed by atoms with van der Waals surface area (Å²) in [5.41, 5.74) is 3.84. The first kappa shape index (κ1) is 19.5. The maximum atomic E-state index is 12.7. The number of nitrogens with one attached hydrogen (secondary N) is 1. The molecule has 0 saturated carbocycles. The number of nitrogens with zero attached hydrogens (tertiary/aromatic N) is 2. The van der Waals surface area contributed by atoms with Crippen LogP contribution in [0.1, 0.15) is 41.6 Å². The minimum absolute atomic E-state index is 0.102. The van der Waals surface area contributed by atoms with Crippen LogP contribution >= 0.6 is 11.6 Å². The molecule has 4 rings (SSSR count). The Hall–Kier alpha value is -2.79. The summed E-state index contributed by atoms with van der Waals surface area (Å²) in [6.45, 7) is 6.27. The predicted octanol–water partition coefficient (Wildman–Crippen LogP) is 4.79. The van der Waals surface area contributed by atoms with Crippen molar-refractivity contribution in [3.8, 4) is 0 Å². The topological polar surface area (TPSA) is 52.7 Å². The first-order valence-corrected chi connectivity index (χ1v) is 10.4. The van der Waals surface area contributed by atoms with Crippen molar-refractivity contribution in [1.29, 1.82) is 0 Å². The zero-order valence-electron chi connectivity index (χ0n) is 16.3. The van der Waals surface area contributed by atoms with Gasteiger partial charge < -0.3 is 15.1 Å². The Labute approximate surface area is 175 Å². The predicted molar refractivity (Wildman–Crippen MR) is 117 cm³/mol. The van der Waals surface area contributed by atoms with E-state index in [0.29, 0.717) is 16.3 Å². The quantitative estimate of drug-likeness (QED) is 0.772. The molecular formula is C23H24ClN3O2. The normalized spacial score (nSPS) is 16.2. The Morgan fingerprint density at radius 3 is 2.52 bits per heavy atom. The molecule has 0 aliphatic carbocycles. The van der Waals surface area contributed by atoms with Crippen LogP contribution in [-0.2, 0) is 4.79 Å². The van der Waals surface area contributed by atoms with Gasteiger partial charge >= 0.3 is 0 Å². The number of benzene rings is 2. The molecule has 2 aromatic rings. The molecule has 2 aliphatic rings. The van der Waals surface area contributed by atoms with E-state index in [4.69, 9.17) is 11.6 Å². The smallest absolute Gasteiger partial charge is 0.258 e. The molecule has 1 fully saturated rings. The molecule has 1 saturated heterocycles. The van der Waals surface area contributed by atoms with Gasteiger partial charge in [-0.15, -0.1) is 0 Å². The van der Waals surface area contributed by atoms with Crippen molar-refractivity contribution in [3.63, 3.8) is 0 Å². The van der Waals surface area contributed by atoms with E-state index in [1.165, 1.54) is 6.42 Å². The van der Waals surface area contributed by atoms with Crippen molar-refractivity contribution in [2.45, 2.75) is 25.7 Å². The van der Waals surface area contributed by atoms with Gasteiger partial charge in [-0.25, -0.2) is 0 Å². The molecule has 5 nitrogen and oxygen atoms in total. The highest BCUT2D eigenvalue weighted by Gasteiger charge is 2.30. The fraction of sp³-hybridized carbons (Fsp3) is 0.304. The molecule has 2 heterocycles. The third-order valence-electron chi connectivity index (χ3n) is 5.53.